The van der Waals surface area contributed by atoms with E-state index in [1.54, 1.807) is 64.1 Å². The van der Waals surface area contributed by atoms with Crippen LogP contribution in [0, 0.1) is 0 Å². The number of benzene rings is 3. The summed E-state index contributed by atoms with van der Waals surface area (Å²) < 4.78 is 49.6. The predicted molar refractivity (Wildman–Crippen MR) is 135 cm³/mol. The van der Waals surface area contributed by atoms with E-state index in [0.717, 1.165) is 12.1 Å². The molecule has 7 nitrogen and oxygen atoms in total. The summed E-state index contributed by atoms with van der Waals surface area (Å²) in [4.78, 5) is 26.5. The molecule has 3 aromatic carbocycles. The number of carbonyl (C=O) groups excluding carboxylic acids is 2. The van der Waals surface area contributed by atoms with Crippen molar-refractivity contribution in [3.8, 4) is 11.5 Å². The Bertz CT molecular complexity index is 1340. The van der Waals surface area contributed by atoms with Crippen LogP contribution in [0.25, 0.3) is 10.8 Å². The van der Waals surface area contributed by atoms with Crippen molar-refractivity contribution in [3.05, 3.63) is 71.8 Å². The van der Waals surface area contributed by atoms with Gasteiger partial charge in [-0.3, -0.25) is 4.79 Å². The van der Waals surface area contributed by atoms with Crippen LogP contribution in [0.2, 0.25) is 0 Å². The lowest BCUT2D eigenvalue weighted by Crippen LogP contribution is -2.71. The molecular formula is C28H29F3N2O5. The number of nitrogens with one attached hydrogen (secondary N) is 1. The smallest absolute Gasteiger partial charge is 0.416 e. The minimum absolute atomic E-state index is 0.0335. The van der Waals surface area contributed by atoms with Gasteiger partial charge in [-0.2, -0.15) is 13.2 Å². The number of nitrogens with zero attached hydrogens (tertiary/aromatic N) is 1. The maximum absolute atomic E-state index is 12.9. The molecule has 0 aromatic heterocycles. The van der Waals surface area contributed by atoms with Gasteiger partial charge in [0.05, 0.1) is 24.7 Å². The molecule has 1 fully saturated rings. The summed E-state index contributed by atoms with van der Waals surface area (Å²) in [5.41, 5.74) is -2.35. The molecule has 1 heterocycles. The molecule has 0 unspecified atom stereocenters. The molecule has 1 saturated heterocycles. The fraction of sp³-hybridized carbons (Fsp3) is 0.357. The molecule has 38 heavy (non-hydrogen) atoms. The number of carbonyl (C=O) groups is 2. The first kappa shape index (κ1) is 27.3. The van der Waals surface area contributed by atoms with Gasteiger partial charge in [-0.1, -0.05) is 12.1 Å². The molecule has 0 saturated carbocycles. The Balaban J connectivity index is 1.42. The van der Waals surface area contributed by atoms with Crippen molar-refractivity contribution in [3.63, 3.8) is 0 Å². The third-order valence-electron chi connectivity index (χ3n) is 6.25. The summed E-state index contributed by atoms with van der Waals surface area (Å²) >= 11 is 0. The number of ether oxygens (including phenoxy) is 2. The normalized spacial score (nSPS) is 15.9. The molecular weight excluding hydrogens is 501 g/mol. The number of hydrogen-bond acceptors (Lipinski definition) is 5. The van der Waals surface area contributed by atoms with Gasteiger partial charge in [-0.15, -0.1) is 0 Å². The Labute approximate surface area is 218 Å². The molecule has 1 aliphatic heterocycles. The number of hydrogen-bond donors (Lipinski definition) is 2. The fourth-order valence-corrected chi connectivity index (χ4v) is 4.08. The first-order valence-corrected chi connectivity index (χ1v) is 12.0. The highest BCUT2D eigenvalue weighted by Gasteiger charge is 2.49. The third-order valence-corrected chi connectivity index (χ3v) is 6.25. The minimum Gasteiger partial charge on any atom is -0.457 e. The van der Waals surface area contributed by atoms with Gasteiger partial charge < -0.3 is 24.8 Å². The summed E-state index contributed by atoms with van der Waals surface area (Å²) in [7, 11) is 0. The van der Waals surface area contributed by atoms with E-state index < -0.39 is 41.0 Å². The highest BCUT2D eigenvalue weighted by atomic mass is 19.4. The van der Waals surface area contributed by atoms with Crippen molar-refractivity contribution in [2.75, 3.05) is 13.1 Å². The van der Waals surface area contributed by atoms with Crippen LogP contribution < -0.4 is 10.1 Å². The van der Waals surface area contributed by atoms with E-state index in [4.69, 9.17) is 9.47 Å². The fourth-order valence-electron chi connectivity index (χ4n) is 4.08. The van der Waals surface area contributed by atoms with E-state index in [2.05, 4.69) is 5.32 Å². The Morgan fingerprint density at radius 2 is 1.68 bits per heavy atom. The van der Waals surface area contributed by atoms with Crippen LogP contribution >= 0.6 is 0 Å². The molecule has 3 aromatic rings. The molecule has 4 rings (SSSR count). The average molecular weight is 531 g/mol. The molecule has 0 radical (unpaired) electrons. The van der Waals surface area contributed by atoms with Crippen molar-refractivity contribution < 1.29 is 37.3 Å². The molecule has 202 valence electrons. The largest absolute Gasteiger partial charge is 0.457 e. The van der Waals surface area contributed by atoms with Crippen molar-refractivity contribution >= 4 is 22.8 Å². The standard InChI is InChI=1S/C28H29F3N2O5/c1-17(27(36)15-33(16-27)25(35)38-26(2,3)4)32-24(34)19-8-13-22-18(14-19)6-5-7-23(22)37-21-11-9-20(10-12-21)28(29,30)31/h5-14,17,36H,15-16H2,1-4H3,(H,32,34)/t17-/m0/s1. The highest BCUT2D eigenvalue weighted by Crippen LogP contribution is 2.34. The van der Waals surface area contributed by atoms with E-state index in [1.165, 1.54) is 17.0 Å². The molecule has 1 aliphatic rings. The molecule has 0 bridgehead atoms. The zero-order valence-corrected chi connectivity index (χ0v) is 21.4. The monoisotopic (exact) mass is 530 g/mol. The van der Waals surface area contributed by atoms with E-state index in [9.17, 15) is 27.9 Å². The number of amides is 2. The van der Waals surface area contributed by atoms with E-state index in [0.29, 0.717) is 22.1 Å². The first-order chi connectivity index (χ1) is 17.6. The van der Waals surface area contributed by atoms with Crippen LogP contribution in [-0.4, -0.2) is 52.3 Å². The molecule has 2 N–H and O–H groups in total. The van der Waals surface area contributed by atoms with Crippen molar-refractivity contribution in [1.29, 1.82) is 0 Å². The van der Waals surface area contributed by atoms with Crippen molar-refractivity contribution in [2.24, 2.45) is 0 Å². The summed E-state index contributed by atoms with van der Waals surface area (Å²) in [6.07, 6.45) is -4.96. The highest BCUT2D eigenvalue weighted by molar-refractivity contribution is 6.00. The van der Waals surface area contributed by atoms with Gasteiger partial charge >= 0.3 is 12.3 Å². The molecule has 2 amide bonds. The number of rotatable bonds is 5. The Kier molecular flexibility index (Phi) is 7.05. The number of β-amino-alcohol motifs (C(OH)–C–C–N with tert-alkyl or cyclic N) is 1. The lowest BCUT2D eigenvalue weighted by Gasteiger charge is -2.49. The van der Waals surface area contributed by atoms with Gasteiger partial charge in [0.2, 0.25) is 0 Å². The van der Waals surface area contributed by atoms with E-state index in [1.807, 2.05) is 0 Å². The Morgan fingerprint density at radius 1 is 1.03 bits per heavy atom. The molecule has 0 aliphatic carbocycles. The van der Waals surface area contributed by atoms with Crippen molar-refractivity contribution in [2.45, 2.75) is 51.1 Å². The average Bonchev–Trinajstić information content (AvgIpc) is 2.80. The van der Waals surface area contributed by atoms with Gasteiger partial charge in [0.25, 0.3) is 5.91 Å². The summed E-state index contributed by atoms with van der Waals surface area (Å²) in [5, 5.41) is 15.0. The second-order valence-corrected chi connectivity index (χ2v) is 10.5. The molecule has 1 atom stereocenters. The van der Waals surface area contributed by atoms with Gasteiger partial charge in [-0.05, 0) is 81.6 Å². The van der Waals surface area contributed by atoms with Gasteiger partial charge in [0.1, 0.15) is 22.7 Å². The quantitative estimate of drug-likeness (QED) is 0.439. The second kappa shape index (κ2) is 9.83. The van der Waals surface area contributed by atoms with E-state index in [-0.39, 0.29) is 18.8 Å². The Hall–Kier alpha value is -3.79. The van der Waals surface area contributed by atoms with Crippen molar-refractivity contribution in [1.82, 2.24) is 10.2 Å². The lowest BCUT2D eigenvalue weighted by atomic mass is 9.87. The summed E-state index contributed by atoms with van der Waals surface area (Å²) in [6, 6.07) is 13.9. The Morgan fingerprint density at radius 3 is 2.29 bits per heavy atom. The second-order valence-electron chi connectivity index (χ2n) is 10.5. The number of halogens is 3. The van der Waals surface area contributed by atoms with Crippen LogP contribution in [-0.2, 0) is 10.9 Å². The topological polar surface area (TPSA) is 88.1 Å². The van der Waals surface area contributed by atoms with E-state index >= 15 is 0 Å². The van der Waals surface area contributed by atoms with Crippen LogP contribution in [0.15, 0.2) is 60.7 Å². The molecule has 0 spiro atoms. The van der Waals surface area contributed by atoms with Crippen LogP contribution in [0.5, 0.6) is 11.5 Å². The zero-order chi connectivity index (χ0) is 27.9. The minimum atomic E-state index is -4.43. The lowest BCUT2D eigenvalue weighted by molar-refractivity contribution is -0.137. The van der Waals surface area contributed by atoms with Gasteiger partial charge in [0.15, 0.2) is 0 Å². The number of likely N-dealkylation sites (tertiary alicyclic amines) is 1. The zero-order valence-electron chi connectivity index (χ0n) is 21.4. The third kappa shape index (κ3) is 6.02. The number of alkyl halides is 3. The SMILES string of the molecule is C[C@H](NC(=O)c1ccc2c(Oc3ccc(C(F)(F)F)cc3)cccc2c1)C1(O)CN(C(=O)OC(C)(C)C)C1. The predicted octanol–water partition coefficient (Wildman–Crippen LogP) is 5.75. The number of aliphatic hydroxyl groups is 1. The van der Waals surface area contributed by atoms with Crippen LogP contribution in [0.4, 0.5) is 18.0 Å². The van der Waals surface area contributed by atoms with Gasteiger partial charge in [0, 0.05) is 10.9 Å². The summed E-state index contributed by atoms with van der Waals surface area (Å²) in [6.45, 7) is 7.01. The van der Waals surface area contributed by atoms with Crippen LogP contribution in [0.3, 0.4) is 0 Å². The van der Waals surface area contributed by atoms with Crippen LogP contribution in [0.1, 0.15) is 43.6 Å². The summed E-state index contributed by atoms with van der Waals surface area (Å²) in [5.74, 6) is 0.265. The first-order valence-electron chi connectivity index (χ1n) is 12.0. The molecule has 10 heteroatoms. The number of fused-ring (bicyclic) bond motifs is 1. The maximum atomic E-state index is 12.9. The maximum Gasteiger partial charge on any atom is 0.416 e. The van der Waals surface area contributed by atoms with Gasteiger partial charge in [-0.25, -0.2) is 4.79 Å².